The summed E-state index contributed by atoms with van der Waals surface area (Å²) in [4.78, 5) is 33.1. The molecular weight excluding hydrogens is 298 g/mol. The first-order valence-electron chi connectivity index (χ1n) is 6.90. The van der Waals surface area contributed by atoms with Gasteiger partial charge in [-0.2, -0.15) is 0 Å². The molecule has 0 radical (unpaired) electrons. The SMILES string of the molecule is O=C1[C@@H]2CCC[C@@H]1[C@H]1C(=[N+]([O-])O)C=C([N+](=O)[O-])[C@H]2[C@@H]1[N+](=O)[O-]. The van der Waals surface area contributed by atoms with Crippen LogP contribution in [0.5, 0.6) is 0 Å². The zero-order valence-electron chi connectivity index (χ0n) is 11.3. The summed E-state index contributed by atoms with van der Waals surface area (Å²) in [5.74, 6) is -4.04. The number of ketones is 1. The fourth-order valence-corrected chi connectivity index (χ4v) is 4.26. The maximum Gasteiger partial charge on any atom is 0.263 e. The van der Waals surface area contributed by atoms with Gasteiger partial charge in [0.25, 0.3) is 11.4 Å². The molecule has 3 rings (SSSR count). The average Bonchev–Trinajstić information content (AvgIpc) is 2.43. The van der Waals surface area contributed by atoms with E-state index >= 15 is 0 Å². The molecule has 10 heteroatoms. The van der Waals surface area contributed by atoms with Crippen LogP contribution in [0.25, 0.3) is 0 Å². The van der Waals surface area contributed by atoms with E-state index in [-0.39, 0.29) is 5.78 Å². The van der Waals surface area contributed by atoms with Gasteiger partial charge in [0.15, 0.2) is 0 Å². The Morgan fingerprint density at radius 3 is 2.18 bits per heavy atom. The first-order chi connectivity index (χ1) is 10.3. The monoisotopic (exact) mass is 311 g/mol. The molecule has 0 aromatic heterocycles. The molecule has 22 heavy (non-hydrogen) atoms. The Hall–Kier alpha value is -2.52. The number of fused-ring (bicyclic) bond motifs is 6. The van der Waals surface area contributed by atoms with Crippen LogP contribution in [-0.2, 0) is 4.79 Å². The van der Waals surface area contributed by atoms with Gasteiger partial charge in [-0.05, 0) is 12.8 Å². The summed E-state index contributed by atoms with van der Waals surface area (Å²) in [6.07, 6.45) is 2.27. The van der Waals surface area contributed by atoms with Crippen molar-refractivity contribution in [3.05, 3.63) is 37.2 Å². The average molecular weight is 311 g/mol. The highest BCUT2D eigenvalue weighted by molar-refractivity contribution is 6.01. The van der Waals surface area contributed by atoms with E-state index in [1.165, 1.54) is 0 Å². The summed E-state index contributed by atoms with van der Waals surface area (Å²) in [7, 11) is 0. The molecule has 0 amide bonds. The fourth-order valence-electron chi connectivity index (χ4n) is 4.26. The number of carbonyl (C=O) groups is 1. The van der Waals surface area contributed by atoms with Gasteiger partial charge in [-0.1, -0.05) is 6.42 Å². The lowest BCUT2D eigenvalue weighted by Gasteiger charge is -2.44. The lowest BCUT2D eigenvalue weighted by Crippen LogP contribution is -2.61. The van der Waals surface area contributed by atoms with Crippen molar-refractivity contribution >= 4 is 11.5 Å². The summed E-state index contributed by atoms with van der Waals surface area (Å²) in [6, 6.07) is -1.43. The zero-order valence-corrected chi connectivity index (χ0v) is 11.3. The van der Waals surface area contributed by atoms with Crippen LogP contribution in [0.15, 0.2) is 11.8 Å². The van der Waals surface area contributed by atoms with Gasteiger partial charge in [0.2, 0.25) is 6.04 Å². The Balaban J connectivity index is 2.27. The summed E-state index contributed by atoms with van der Waals surface area (Å²) in [5, 5.41) is 43.3. The lowest BCUT2D eigenvalue weighted by atomic mass is 9.55. The van der Waals surface area contributed by atoms with Crippen LogP contribution in [-0.4, -0.2) is 37.5 Å². The molecule has 2 saturated carbocycles. The third-order valence-electron chi connectivity index (χ3n) is 5.02. The molecule has 118 valence electrons. The van der Waals surface area contributed by atoms with Crippen molar-refractivity contribution < 1.29 is 24.8 Å². The maximum absolute atomic E-state index is 12.4. The highest BCUT2D eigenvalue weighted by atomic mass is 16.8. The van der Waals surface area contributed by atoms with E-state index in [0.717, 1.165) is 6.08 Å². The third-order valence-corrected chi connectivity index (χ3v) is 5.02. The van der Waals surface area contributed by atoms with Crippen LogP contribution in [0.2, 0.25) is 0 Å². The number of Topliss-reactive ketones (excluding diaryl/α,β-unsaturated/α-hetero) is 1. The molecule has 0 aliphatic heterocycles. The Bertz CT molecular complexity index is 637. The van der Waals surface area contributed by atoms with Crippen LogP contribution in [0.4, 0.5) is 0 Å². The highest BCUT2D eigenvalue weighted by Gasteiger charge is 2.66. The minimum atomic E-state index is -1.43. The van der Waals surface area contributed by atoms with E-state index in [0.29, 0.717) is 19.3 Å². The van der Waals surface area contributed by atoms with Gasteiger partial charge in [-0.3, -0.25) is 30.2 Å². The van der Waals surface area contributed by atoms with Crippen molar-refractivity contribution in [1.82, 2.24) is 0 Å². The minimum Gasteiger partial charge on any atom is -0.417 e. The molecule has 3 aliphatic rings. The second-order valence-corrected chi connectivity index (χ2v) is 5.90. The van der Waals surface area contributed by atoms with Crippen molar-refractivity contribution in [2.75, 3.05) is 0 Å². The molecule has 0 aromatic carbocycles. The first-order valence-corrected chi connectivity index (χ1v) is 6.90. The van der Waals surface area contributed by atoms with Gasteiger partial charge >= 0.3 is 0 Å². The normalized spacial score (nSPS) is 39.0. The molecule has 0 unspecified atom stereocenters. The van der Waals surface area contributed by atoms with Crippen LogP contribution in [0, 0.1) is 49.1 Å². The smallest absolute Gasteiger partial charge is 0.263 e. The predicted octanol–water partition coefficient (Wildman–Crippen LogP) is 0.378. The Morgan fingerprint density at radius 2 is 1.68 bits per heavy atom. The minimum absolute atomic E-state index is 0.272. The highest BCUT2D eigenvalue weighted by Crippen LogP contribution is 2.50. The molecule has 5 atom stereocenters. The number of nitrogens with zero attached hydrogens (tertiary/aromatic N) is 3. The van der Waals surface area contributed by atoms with Crippen molar-refractivity contribution in [2.45, 2.75) is 25.3 Å². The van der Waals surface area contributed by atoms with E-state index in [1.807, 2.05) is 0 Å². The number of allylic oxidation sites excluding steroid dienone is 1. The van der Waals surface area contributed by atoms with Crippen molar-refractivity contribution in [2.24, 2.45) is 23.7 Å². The Kier molecular flexibility index (Phi) is 3.11. The van der Waals surface area contributed by atoms with E-state index in [4.69, 9.17) is 0 Å². The van der Waals surface area contributed by atoms with Crippen molar-refractivity contribution in [1.29, 1.82) is 0 Å². The lowest BCUT2D eigenvalue weighted by molar-refractivity contribution is -0.728. The summed E-state index contributed by atoms with van der Waals surface area (Å²) < 4.78 is 0. The number of hydrogen-bond donors (Lipinski definition) is 1. The third kappa shape index (κ3) is 1.79. The molecule has 10 nitrogen and oxygen atoms in total. The molecule has 3 aliphatic carbocycles. The van der Waals surface area contributed by atoms with Crippen LogP contribution >= 0.6 is 0 Å². The first kappa shape index (κ1) is 14.4. The quantitative estimate of drug-likeness (QED) is 0.335. The second-order valence-electron chi connectivity index (χ2n) is 5.90. The van der Waals surface area contributed by atoms with Crippen LogP contribution in [0.1, 0.15) is 19.3 Å². The Morgan fingerprint density at radius 1 is 1.09 bits per heavy atom. The zero-order chi connectivity index (χ0) is 16.2. The topological polar surface area (TPSA) is 150 Å². The largest absolute Gasteiger partial charge is 0.417 e. The molecule has 4 bridgehead atoms. The molecular formula is C12H13N3O7. The van der Waals surface area contributed by atoms with Gasteiger partial charge in [-0.15, -0.1) is 0 Å². The van der Waals surface area contributed by atoms with Gasteiger partial charge in [0.05, 0.1) is 11.0 Å². The summed E-state index contributed by atoms with van der Waals surface area (Å²) >= 11 is 0. The Labute approximate surface area is 123 Å². The fraction of sp³-hybridized carbons (Fsp3) is 0.667. The maximum atomic E-state index is 12.4. The van der Waals surface area contributed by atoms with E-state index in [2.05, 4.69) is 0 Å². The van der Waals surface area contributed by atoms with E-state index in [9.17, 15) is 35.4 Å². The van der Waals surface area contributed by atoms with Gasteiger partial charge in [-0.25, -0.2) is 0 Å². The van der Waals surface area contributed by atoms with Crippen molar-refractivity contribution in [3.63, 3.8) is 0 Å². The molecule has 0 spiro atoms. The predicted molar refractivity (Wildman–Crippen MR) is 69.1 cm³/mol. The summed E-state index contributed by atoms with van der Waals surface area (Å²) in [6.45, 7) is 0. The number of nitro groups is 2. The number of rotatable bonds is 2. The summed E-state index contributed by atoms with van der Waals surface area (Å²) in [5.41, 5.74) is -1.01. The molecule has 1 N–H and O–H groups in total. The second kappa shape index (κ2) is 4.75. The van der Waals surface area contributed by atoms with Gasteiger partial charge in [0, 0.05) is 21.7 Å². The molecule has 0 saturated heterocycles. The van der Waals surface area contributed by atoms with Gasteiger partial charge in [0.1, 0.15) is 17.6 Å². The van der Waals surface area contributed by atoms with Crippen molar-refractivity contribution in [3.8, 4) is 0 Å². The van der Waals surface area contributed by atoms with Crippen LogP contribution in [0.3, 0.4) is 0 Å². The molecule has 0 heterocycles. The number of carbonyl (C=O) groups excluding carboxylic acids is 1. The molecule has 0 aromatic rings. The molecule has 2 fully saturated rings. The number of hydrogen-bond acceptors (Lipinski definition) is 7. The standard InChI is InChI=1S/C12H13N3O7/c16-12-5-2-1-3-6(12)10-8(14(19)20)4-7(13(17)18)9(5)11(10)15(21)22/h4-6,9-11H,1-3H2,(H,17,18)/t5-,6-,9+,10+,11-/m1/s1. The van der Waals surface area contributed by atoms with Gasteiger partial charge < -0.3 is 5.21 Å². The van der Waals surface area contributed by atoms with E-state index in [1.54, 1.807) is 0 Å². The van der Waals surface area contributed by atoms with E-state index < -0.39 is 55.9 Å². The van der Waals surface area contributed by atoms with Crippen LogP contribution < -0.4 is 0 Å².